The zero-order valence-electron chi connectivity index (χ0n) is 15.1. The minimum Gasteiger partial charge on any atom is -0.489 e. The lowest BCUT2D eigenvalue weighted by Gasteiger charge is -2.14. The molecule has 0 heterocycles. The van der Waals surface area contributed by atoms with E-state index in [0.29, 0.717) is 11.3 Å². The Morgan fingerprint density at radius 3 is 2.34 bits per heavy atom. The highest BCUT2D eigenvalue weighted by Gasteiger charge is 2.38. The first kappa shape index (κ1) is 21.9. The molecule has 7 nitrogen and oxygen atoms in total. The van der Waals surface area contributed by atoms with Gasteiger partial charge in [0, 0.05) is 11.1 Å². The van der Waals surface area contributed by atoms with Gasteiger partial charge in [0.2, 0.25) is 5.91 Å². The maximum absolute atomic E-state index is 12.4. The lowest BCUT2D eigenvalue weighted by molar-refractivity contribution is -0.154. The van der Waals surface area contributed by atoms with Crippen molar-refractivity contribution in [2.45, 2.75) is 25.2 Å². The minimum absolute atomic E-state index is 0.0448. The van der Waals surface area contributed by atoms with E-state index >= 15 is 0 Å². The van der Waals surface area contributed by atoms with Crippen LogP contribution in [0.5, 0.6) is 5.75 Å². The van der Waals surface area contributed by atoms with Gasteiger partial charge in [-0.1, -0.05) is 30.3 Å². The molecule has 6 N–H and O–H groups in total. The van der Waals surface area contributed by atoms with Crippen LogP contribution in [0.4, 0.5) is 13.2 Å². The third kappa shape index (κ3) is 6.61. The smallest absolute Gasteiger partial charge is 0.404 e. The number of nitrogens with two attached hydrogens (primary N) is 2. The second-order valence-corrected chi connectivity index (χ2v) is 6.16. The molecule has 0 spiro atoms. The summed E-state index contributed by atoms with van der Waals surface area (Å²) in [5.74, 6) is -1.72. The van der Waals surface area contributed by atoms with Crippen LogP contribution in [0.15, 0.2) is 48.5 Å². The third-order valence-electron chi connectivity index (χ3n) is 3.85. The van der Waals surface area contributed by atoms with Gasteiger partial charge in [0.05, 0.1) is 6.42 Å². The van der Waals surface area contributed by atoms with Crippen LogP contribution in [0.3, 0.4) is 0 Å². The summed E-state index contributed by atoms with van der Waals surface area (Å²) >= 11 is 0. The summed E-state index contributed by atoms with van der Waals surface area (Å²) in [6, 6.07) is 10.3. The second-order valence-electron chi connectivity index (χ2n) is 6.16. The van der Waals surface area contributed by atoms with Crippen molar-refractivity contribution in [1.29, 1.82) is 5.41 Å². The fourth-order valence-corrected chi connectivity index (χ4v) is 2.24. The molecule has 10 heteroatoms. The number of imide groups is 1. The summed E-state index contributed by atoms with van der Waals surface area (Å²) in [4.78, 5) is 23.7. The summed E-state index contributed by atoms with van der Waals surface area (Å²) in [5, 5.41) is 9.22. The highest BCUT2D eigenvalue weighted by atomic mass is 19.4. The number of nitrogen functional groups attached to an aromatic ring is 1. The molecule has 29 heavy (non-hydrogen) atoms. The summed E-state index contributed by atoms with van der Waals surface area (Å²) < 4.78 is 42.7. The minimum atomic E-state index is -4.73. The molecule has 2 amide bonds. The second kappa shape index (κ2) is 9.20. The first-order valence-electron chi connectivity index (χ1n) is 8.39. The highest BCUT2D eigenvalue weighted by Crippen LogP contribution is 2.20. The number of halogens is 3. The molecule has 0 saturated carbocycles. The number of amidine groups is 1. The number of nitrogens with one attached hydrogen (secondary N) is 2. The Bertz CT molecular complexity index is 898. The number of rotatable bonds is 7. The van der Waals surface area contributed by atoms with E-state index in [4.69, 9.17) is 21.6 Å². The predicted molar refractivity (Wildman–Crippen MR) is 99.4 cm³/mol. The van der Waals surface area contributed by atoms with Gasteiger partial charge < -0.3 is 16.2 Å². The van der Waals surface area contributed by atoms with Gasteiger partial charge in [-0.3, -0.25) is 20.3 Å². The van der Waals surface area contributed by atoms with Crippen molar-refractivity contribution in [2.75, 3.05) is 0 Å². The average Bonchev–Trinajstić information content (AvgIpc) is 2.66. The van der Waals surface area contributed by atoms with Crippen LogP contribution in [-0.2, 0) is 11.4 Å². The first-order valence-corrected chi connectivity index (χ1v) is 8.39. The number of ether oxygens (including phenoxy) is 1. The SMILES string of the molecule is N=C(N)c1ccc(COc2cccc(C(=O)NC(=O)CC(N)C(F)(F)F)c2)cc1. The van der Waals surface area contributed by atoms with Gasteiger partial charge in [-0.25, -0.2) is 0 Å². The molecule has 2 rings (SSSR count). The standard InChI is InChI=1S/C19H19F3N4O3/c20-19(21,22)15(23)9-16(27)26-18(28)13-2-1-3-14(8-13)29-10-11-4-6-12(7-5-11)17(24)25/h1-8,15H,9-10,23H2,(H3,24,25)(H,26,27,28). The van der Waals surface area contributed by atoms with Crippen LogP contribution in [0.25, 0.3) is 0 Å². The van der Waals surface area contributed by atoms with E-state index < -0.39 is 30.5 Å². The third-order valence-corrected chi connectivity index (χ3v) is 3.85. The molecular weight excluding hydrogens is 389 g/mol. The zero-order valence-corrected chi connectivity index (χ0v) is 15.1. The van der Waals surface area contributed by atoms with Crippen LogP contribution in [0.1, 0.15) is 27.9 Å². The molecule has 0 bridgehead atoms. The molecule has 0 radical (unpaired) electrons. The monoisotopic (exact) mass is 408 g/mol. The van der Waals surface area contributed by atoms with E-state index in [1.54, 1.807) is 30.3 Å². The molecule has 0 aliphatic carbocycles. The van der Waals surface area contributed by atoms with Crippen LogP contribution >= 0.6 is 0 Å². The molecular formula is C19H19F3N4O3. The van der Waals surface area contributed by atoms with Gasteiger partial charge in [0.15, 0.2) is 0 Å². The number of carbonyl (C=O) groups excluding carboxylic acids is 2. The normalized spacial score (nSPS) is 12.1. The fourth-order valence-electron chi connectivity index (χ4n) is 2.24. The highest BCUT2D eigenvalue weighted by molar-refractivity contribution is 6.05. The Morgan fingerprint density at radius 2 is 1.76 bits per heavy atom. The number of hydrogen-bond donors (Lipinski definition) is 4. The average molecular weight is 408 g/mol. The summed E-state index contributed by atoms with van der Waals surface area (Å²) in [5.41, 5.74) is 11.7. The van der Waals surface area contributed by atoms with Gasteiger partial charge >= 0.3 is 6.18 Å². The van der Waals surface area contributed by atoms with Crippen molar-refractivity contribution in [2.24, 2.45) is 11.5 Å². The van der Waals surface area contributed by atoms with Gasteiger partial charge in [0.25, 0.3) is 5.91 Å². The molecule has 2 aromatic rings. The lowest BCUT2D eigenvalue weighted by Crippen LogP contribution is -2.43. The van der Waals surface area contributed by atoms with Crippen LogP contribution in [0.2, 0.25) is 0 Å². The van der Waals surface area contributed by atoms with Gasteiger partial charge in [0.1, 0.15) is 24.2 Å². The zero-order chi connectivity index (χ0) is 21.6. The summed E-state index contributed by atoms with van der Waals surface area (Å²) in [6.07, 6.45) is -5.78. The quantitative estimate of drug-likeness (QED) is 0.412. The largest absolute Gasteiger partial charge is 0.489 e. The van der Waals surface area contributed by atoms with Crippen molar-refractivity contribution in [3.05, 3.63) is 65.2 Å². The number of alkyl halides is 3. The van der Waals surface area contributed by atoms with E-state index in [2.05, 4.69) is 0 Å². The van der Waals surface area contributed by atoms with Crippen molar-refractivity contribution in [1.82, 2.24) is 5.32 Å². The Kier molecular flexibility index (Phi) is 6.94. The van der Waals surface area contributed by atoms with Crippen LogP contribution in [-0.4, -0.2) is 29.9 Å². The predicted octanol–water partition coefficient (Wildman–Crippen LogP) is 2.09. The molecule has 2 aromatic carbocycles. The number of benzene rings is 2. The van der Waals surface area contributed by atoms with E-state index in [0.717, 1.165) is 5.56 Å². The van der Waals surface area contributed by atoms with Crippen LogP contribution < -0.4 is 21.5 Å². The maximum Gasteiger partial charge on any atom is 0.404 e. The van der Waals surface area contributed by atoms with Crippen LogP contribution in [0, 0.1) is 5.41 Å². The topological polar surface area (TPSA) is 131 Å². The van der Waals surface area contributed by atoms with E-state index in [9.17, 15) is 22.8 Å². The summed E-state index contributed by atoms with van der Waals surface area (Å²) in [7, 11) is 0. The Hall–Kier alpha value is -3.40. The van der Waals surface area contributed by atoms with Crippen molar-refractivity contribution in [3.8, 4) is 5.75 Å². The summed E-state index contributed by atoms with van der Waals surface area (Å²) in [6.45, 7) is 0.169. The van der Waals surface area contributed by atoms with E-state index in [1.165, 1.54) is 18.2 Å². The van der Waals surface area contributed by atoms with E-state index in [-0.39, 0.29) is 18.0 Å². The van der Waals surface area contributed by atoms with Gasteiger partial charge in [-0.2, -0.15) is 13.2 Å². The molecule has 0 fully saturated rings. The Morgan fingerprint density at radius 1 is 1.10 bits per heavy atom. The number of amides is 2. The van der Waals surface area contributed by atoms with Gasteiger partial charge in [-0.15, -0.1) is 0 Å². The molecule has 0 aromatic heterocycles. The molecule has 0 aliphatic rings. The van der Waals surface area contributed by atoms with Crippen molar-refractivity contribution < 1.29 is 27.5 Å². The van der Waals surface area contributed by atoms with Crippen molar-refractivity contribution in [3.63, 3.8) is 0 Å². The maximum atomic E-state index is 12.4. The first-order chi connectivity index (χ1) is 13.6. The molecule has 0 aliphatic heterocycles. The van der Waals surface area contributed by atoms with Crippen molar-refractivity contribution >= 4 is 17.6 Å². The molecule has 0 saturated heterocycles. The number of carbonyl (C=O) groups is 2. The fraction of sp³-hybridized carbons (Fsp3) is 0.211. The Balaban J connectivity index is 1.95. The number of hydrogen-bond acceptors (Lipinski definition) is 5. The molecule has 1 atom stereocenters. The lowest BCUT2D eigenvalue weighted by atomic mass is 10.1. The molecule has 1 unspecified atom stereocenters. The van der Waals surface area contributed by atoms with E-state index in [1.807, 2.05) is 5.32 Å². The Labute approximate surface area is 164 Å². The van der Waals surface area contributed by atoms with Gasteiger partial charge in [-0.05, 0) is 23.8 Å². The molecule has 154 valence electrons.